The Balaban J connectivity index is 1.14. The molecule has 0 bridgehead atoms. The van der Waals surface area contributed by atoms with Crippen LogP contribution in [0.5, 0.6) is 0 Å². The van der Waals surface area contributed by atoms with Crippen LogP contribution in [0.25, 0.3) is 99.8 Å². The molecule has 0 radical (unpaired) electrons. The summed E-state index contributed by atoms with van der Waals surface area (Å²) in [5.41, 5.74) is 35.3. The van der Waals surface area contributed by atoms with E-state index >= 15 is 0 Å². The average Bonchev–Trinajstić information content (AvgIpc) is 0.758. The maximum absolute atomic E-state index is 6.93. The Morgan fingerprint density at radius 1 is 0.236 bits per heavy atom. The fraction of sp³-hybridized carbons (Fsp3) is 0.235. The van der Waals surface area contributed by atoms with Gasteiger partial charge in [0.05, 0.1) is 11.4 Å². The van der Waals surface area contributed by atoms with E-state index in [9.17, 15) is 0 Å². The summed E-state index contributed by atoms with van der Waals surface area (Å²) in [7, 11) is 0. The molecule has 14 aromatic rings. The predicted octanol–water partition coefficient (Wildman–Crippen LogP) is 27.1. The number of hydrogen-bond acceptors (Lipinski definition) is 3. The molecule has 0 saturated heterocycles. The third kappa shape index (κ3) is 12.5. The normalized spacial score (nSPS) is 13.3. The highest BCUT2D eigenvalue weighted by Gasteiger charge is 2.46. The van der Waals surface area contributed by atoms with E-state index in [1.54, 1.807) is 0 Å². The summed E-state index contributed by atoms with van der Waals surface area (Å²) in [5, 5.41) is 2.17. The fourth-order valence-corrected chi connectivity index (χ4v) is 16.3. The molecule has 0 saturated carbocycles. The lowest BCUT2D eigenvalue weighted by Gasteiger charge is -2.46. The minimum absolute atomic E-state index is 0.109. The summed E-state index contributed by atoms with van der Waals surface area (Å²) >= 11 is 0. The zero-order valence-electron chi connectivity index (χ0n) is 65.4. The van der Waals surface area contributed by atoms with Crippen molar-refractivity contribution in [2.75, 3.05) is 9.80 Å². The second kappa shape index (κ2) is 25.5. The zero-order valence-corrected chi connectivity index (χ0v) is 65.4. The minimum atomic E-state index is -0.259. The number of nitrogens with zero attached hydrogens (tertiary/aromatic N) is 2. The minimum Gasteiger partial charge on any atom is -0.456 e. The number of anilines is 6. The maximum Gasteiger partial charge on any atom is 0.252 e. The molecule has 0 atom stereocenters. The molecule has 0 spiro atoms. The molecule has 16 rings (SSSR count). The van der Waals surface area contributed by atoms with Crippen LogP contribution in [-0.4, -0.2) is 6.71 Å². The highest BCUT2D eigenvalue weighted by molar-refractivity contribution is 7.00. The van der Waals surface area contributed by atoms with Gasteiger partial charge < -0.3 is 14.2 Å². The molecule has 0 unspecified atom stereocenters. The molecule has 0 N–H and O–H groups in total. The lowest BCUT2D eigenvalue weighted by molar-refractivity contribution is 0.568. The SMILES string of the molecule is CC(C)(C)c1cc(-c2ccc3c(c2)N(c2c(-c4ccccc4)cc(C(C)(C)C)cc2-c2ccccc2)c2cc(-c4cccc5oc6ccccc6c45)cc4c2B3c2ccc(-c3cc(C(C)(C)C)cc(C(C)(C)C)c3)cc2N4c2c(-c3ccccc3)cc(C(C)(C)C)cc2-c2ccccc2)cc(C(C)(C)C)c1. The molecule has 0 aliphatic carbocycles. The van der Waals surface area contributed by atoms with E-state index in [0.717, 1.165) is 112 Å². The van der Waals surface area contributed by atoms with Gasteiger partial charge in [-0.1, -0.05) is 337 Å². The van der Waals surface area contributed by atoms with Crippen molar-refractivity contribution in [3.63, 3.8) is 0 Å². The maximum atomic E-state index is 6.93. The summed E-state index contributed by atoms with van der Waals surface area (Å²) in [4.78, 5) is 5.48. The van der Waals surface area contributed by atoms with Crippen LogP contribution in [-0.2, 0) is 32.5 Å². The molecule has 106 heavy (non-hydrogen) atoms. The quantitative estimate of drug-likeness (QED) is 0.134. The largest absolute Gasteiger partial charge is 0.456 e. The van der Waals surface area contributed by atoms with Crippen LogP contribution in [0.1, 0.15) is 158 Å². The molecule has 13 aromatic carbocycles. The Hall–Kier alpha value is -10.7. The van der Waals surface area contributed by atoms with Crippen LogP contribution in [0.2, 0.25) is 0 Å². The van der Waals surface area contributed by atoms with Crippen molar-refractivity contribution in [2.24, 2.45) is 0 Å². The summed E-state index contributed by atoms with van der Waals surface area (Å²) in [6, 6.07) is 105. The Kier molecular flexibility index (Phi) is 16.8. The average molecular weight is 1380 g/mol. The van der Waals surface area contributed by atoms with Crippen LogP contribution in [0.15, 0.2) is 277 Å². The Bertz CT molecular complexity index is 5270. The van der Waals surface area contributed by atoms with Gasteiger partial charge >= 0.3 is 0 Å². The van der Waals surface area contributed by atoms with Gasteiger partial charge in [-0.05, 0) is 199 Å². The van der Waals surface area contributed by atoms with E-state index in [0.29, 0.717) is 0 Å². The van der Waals surface area contributed by atoms with E-state index in [-0.39, 0.29) is 39.2 Å². The number of furan rings is 1. The van der Waals surface area contributed by atoms with Gasteiger partial charge in [-0.2, -0.15) is 0 Å². The van der Waals surface area contributed by atoms with E-state index in [1.807, 2.05) is 0 Å². The van der Waals surface area contributed by atoms with Crippen molar-refractivity contribution in [1.82, 2.24) is 0 Å². The van der Waals surface area contributed by atoms with Crippen LogP contribution >= 0.6 is 0 Å². The number of hydrogen-bond donors (Lipinski definition) is 0. The second-order valence-corrected chi connectivity index (χ2v) is 36.3. The van der Waals surface area contributed by atoms with Crippen molar-refractivity contribution in [1.29, 1.82) is 0 Å². The van der Waals surface area contributed by atoms with Gasteiger partial charge in [-0.15, -0.1) is 0 Å². The van der Waals surface area contributed by atoms with Gasteiger partial charge in [0.1, 0.15) is 11.2 Å². The molecule has 2 aliphatic heterocycles. The molecule has 3 heterocycles. The summed E-state index contributed by atoms with van der Waals surface area (Å²) in [5.74, 6) is 0. The third-order valence-corrected chi connectivity index (χ3v) is 22.5. The van der Waals surface area contributed by atoms with Crippen LogP contribution in [0.4, 0.5) is 34.1 Å². The van der Waals surface area contributed by atoms with E-state index in [4.69, 9.17) is 4.42 Å². The van der Waals surface area contributed by atoms with E-state index in [1.165, 1.54) is 72.0 Å². The first-order chi connectivity index (χ1) is 50.3. The van der Waals surface area contributed by atoms with Gasteiger partial charge in [0, 0.05) is 55.8 Å². The van der Waals surface area contributed by atoms with Crippen molar-refractivity contribution in [2.45, 2.75) is 157 Å². The molecule has 0 amide bonds. The summed E-state index contributed by atoms with van der Waals surface area (Å²) in [6.45, 7) is 42.2. The van der Waals surface area contributed by atoms with Crippen LogP contribution in [0, 0.1) is 0 Å². The summed E-state index contributed by atoms with van der Waals surface area (Å²) < 4.78 is 6.93. The van der Waals surface area contributed by atoms with Crippen molar-refractivity contribution in [3.8, 4) is 77.9 Å². The van der Waals surface area contributed by atoms with Crippen molar-refractivity contribution in [3.05, 3.63) is 306 Å². The van der Waals surface area contributed by atoms with Gasteiger partial charge in [0.25, 0.3) is 6.71 Å². The van der Waals surface area contributed by atoms with E-state index < -0.39 is 0 Å². The fourth-order valence-electron chi connectivity index (χ4n) is 16.3. The number of benzene rings is 13. The summed E-state index contributed by atoms with van der Waals surface area (Å²) in [6.07, 6.45) is 0. The van der Waals surface area contributed by atoms with Crippen molar-refractivity contribution >= 4 is 79.2 Å². The van der Waals surface area contributed by atoms with Gasteiger partial charge in [-0.3, -0.25) is 0 Å². The second-order valence-electron chi connectivity index (χ2n) is 36.3. The number of fused-ring (bicyclic) bond motifs is 7. The first kappa shape index (κ1) is 69.7. The third-order valence-electron chi connectivity index (χ3n) is 22.5. The molecule has 0 fully saturated rings. The topological polar surface area (TPSA) is 19.6 Å². The zero-order chi connectivity index (χ0) is 74.3. The standard InChI is InChI=1S/C102H99BN2O/c1-97(2,3)73-50-70(51-74(58-73)98(4,5)6)68-46-48-85-87(54-68)104(95-81(64-34-23-19-24-35-64)60-77(101(13,14)15)61-82(95)65-36-25-20-26-37-65)89-56-72(79-43-33-45-92-93(79)80-42-31-32-44-91(80)106-92)57-90-94(89)103(85)86-49-47-69(71-52-75(99(7,8)9)59-76(53-71)100(10,11)12)55-88(86)105(90)96-83(66-38-27-21-28-39-66)62-78(102(16,17)18)63-84(96)67-40-29-22-30-41-67/h19-63H,1-18H3. The van der Waals surface area contributed by atoms with Crippen molar-refractivity contribution < 1.29 is 4.42 Å². The number of rotatable bonds is 9. The highest BCUT2D eigenvalue weighted by atomic mass is 16.3. The lowest BCUT2D eigenvalue weighted by Crippen LogP contribution is -2.61. The van der Waals surface area contributed by atoms with E-state index in [2.05, 4.69) is 407 Å². The lowest BCUT2D eigenvalue weighted by atomic mass is 9.33. The molecule has 1 aromatic heterocycles. The molecule has 2 aliphatic rings. The monoisotopic (exact) mass is 1380 g/mol. The van der Waals surface area contributed by atoms with Gasteiger partial charge in [0.15, 0.2) is 0 Å². The highest BCUT2D eigenvalue weighted by Crippen LogP contribution is 2.57. The molecule has 4 heteroatoms. The van der Waals surface area contributed by atoms with Crippen LogP contribution in [0.3, 0.4) is 0 Å². The van der Waals surface area contributed by atoms with Gasteiger partial charge in [-0.25, -0.2) is 0 Å². The first-order valence-corrected chi connectivity index (χ1v) is 38.2. The Labute approximate surface area is 630 Å². The molecule has 526 valence electrons. The van der Waals surface area contributed by atoms with Crippen LogP contribution < -0.4 is 26.2 Å². The smallest absolute Gasteiger partial charge is 0.252 e. The first-order valence-electron chi connectivity index (χ1n) is 38.2. The molecular weight excluding hydrogens is 1280 g/mol. The van der Waals surface area contributed by atoms with Gasteiger partial charge in [0.2, 0.25) is 0 Å². The molecule has 3 nitrogen and oxygen atoms in total. The molecular formula is C102H99BN2O. The Morgan fingerprint density at radius 3 is 0.896 bits per heavy atom. The Morgan fingerprint density at radius 2 is 0.547 bits per heavy atom. The predicted molar refractivity (Wildman–Crippen MR) is 458 cm³/mol. The number of para-hydroxylation sites is 1.